The Bertz CT molecular complexity index is 576. The van der Waals surface area contributed by atoms with Crippen molar-refractivity contribution >= 4 is 22.6 Å². The molecule has 94 valence electrons. The maximum Gasteiger partial charge on any atom is 0.326 e. The summed E-state index contributed by atoms with van der Waals surface area (Å²) in [7, 11) is 0. The molecule has 1 aromatic carbocycles. The zero-order chi connectivity index (χ0) is 12.5. The first-order valence-corrected chi connectivity index (χ1v) is 6.33. The fourth-order valence-corrected chi connectivity index (χ4v) is 2.80. The molecule has 0 aliphatic carbocycles. The molecule has 3 rings (SSSR count). The molecular formula is C14H16N2O2. The highest BCUT2D eigenvalue weighted by Crippen LogP contribution is 2.31. The number of nitrogens with one attached hydrogen (secondary N) is 1. The van der Waals surface area contributed by atoms with Crippen LogP contribution >= 0.6 is 0 Å². The Labute approximate surface area is 105 Å². The van der Waals surface area contributed by atoms with Crippen LogP contribution in [0, 0.1) is 0 Å². The molecule has 0 amide bonds. The number of aromatic amines is 1. The molecule has 4 nitrogen and oxygen atoms in total. The summed E-state index contributed by atoms with van der Waals surface area (Å²) in [6.07, 6.45) is 4.69. The summed E-state index contributed by atoms with van der Waals surface area (Å²) >= 11 is 0. The van der Waals surface area contributed by atoms with Gasteiger partial charge in [0.1, 0.15) is 6.04 Å². The molecule has 0 bridgehead atoms. The predicted molar refractivity (Wildman–Crippen MR) is 70.9 cm³/mol. The largest absolute Gasteiger partial charge is 0.480 e. The van der Waals surface area contributed by atoms with Gasteiger partial charge in [-0.15, -0.1) is 0 Å². The third-order valence-corrected chi connectivity index (χ3v) is 3.67. The van der Waals surface area contributed by atoms with Gasteiger partial charge < -0.3 is 15.0 Å². The van der Waals surface area contributed by atoms with Crippen molar-refractivity contribution in [3.05, 3.63) is 30.5 Å². The summed E-state index contributed by atoms with van der Waals surface area (Å²) in [6.45, 7) is 0.821. The fraction of sp³-hybridized carbons (Fsp3) is 0.357. The lowest BCUT2D eigenvalue weighted by Gasteiger charge is -2.35. The molecule has 1 aliphatic rings. The fourth-order valence-electron chi connectivity index (χ4n) is 2.80. The number of benzene rings is 1. The molecule has 1 saturated heterocycles. The van der Waals surface area contributed by atoms with Gasteiger partial charge in [0.2, 0.25) is 0 Å². The van der Waals surface area contributed by atoms with Crippen LogP contribution in [0.3, 0.4) is 0 Å². The third kappa shape index (κ3) is 1.74. The van der Waals surface area contributed by atoms with Gasteiger partial charge in [0.15, 0.2) is 0 Å². The monoisotopic (exact) mass is 244 g/mol. The number of hydrogen-bond acceptors (Lipinski definition) is 2. The number of carbonyl (C=O) groups is 1. The van der Waals surface area contributed by atoms with Gasteiger partial charge >= 0.3 is 5.97 Å². The molecular weight excluding hydrogens is 228 g/mol. The van der Waals surface area contributed by atoms with Crippen LogP contribution in [0.2, 0.25) is 0 Å². The topological polar surface area (TPSA) is 56.3 Å². The van der Waals surface area contributed by atoms with Crippen LogP contribution in [0.15, 0.2) is 30.5 Å². The standard InChI is InChI=1S/C14H16N2O2/c17-14(18)13-5-1-2-9-16(13)12-6-3-4-11-10(12)7-8-15-11/h3-4,6-8,13,15H,1-2,5,9H2,(H,17,18). The molecule has 2 N–H and O–H groups in total. The van der Waals surface area contributed by atoms with E-state index in [-0.39, 0.29) is 6.04 Å². The van der Waals surface area contributed by atoms with E-state index in [1.54, 1.807) is 0 Å². The number of hydrogen-bond donors (Lipinski definition) is 2. The van der Waals surface area contributed by atoms with E-state index < -0.39 is 5.97 Å². The molecule has 1 atom stereocenters. The van der Waals surface area contributed by atoms with Crippen LogP contribution in [-0.4, -0.2) is 28.6 Å². The maximum absolute atomic E-state index is 11.4. The summed E-state index contributed by atoms with van der Waals surface area (Å²) in [6, 6.07) is 7.62. The van der Waals surface area contributed by atoms with Crippen molar-refractivity contribution in [1.29, 1.82) is 0 Å². The number of aromatic nitrogens is 1. The highest BCUT2D eigenvalue weighted by Gasteiger charge is 2.29. The molecule has 0 spiro atoms. The van der Waals surface area contributed by atoms with Crippen LogP contribution in [-0.2, 0) is 4.79 Å². The first kappa shape index (κ1) is 11.1. The minimum absolute atomic E-state index is 0.390. The molecule has 1 unspecified atom stereocenters. The van der Waals surface area contributed by atoms with Gasteiger partial charge in [0.25, 0.3) is 0 Å². The van der Waals surface area contributed by atoms with Gasteiger partial charge in [-0.2, -0.15) is 0 Å². The molecule has 2 aromatic rings. The number of aliphatic carboxylic acids is 1. The Kier molecular flexibility index (Phi) is 2.70. The van der Waals surface area contributed by atoms with Gasteiger partial charge in [0.05, 0.1) is 0 Å². The van der Waals surface area contributed by atoms with Crippen molar-refractivity contribution in [2.45, 2.75) is 25.3 Å². The van der Waals surface area contributed by atoms with E-state index in [9.17, 15) is 9.90 Å². The van der Waals surface area contributed by atoms with E-state index in [1.165, 1.54) is 0 Å². The average molecular weight is 244 g/mol. The molecule has 0 saturated carbocycles. The van der Waals surface area contributed by atoms with E-state index >= 15 is 0 Å². The third-order valence-electron chi connectivity index (χ3n) is 3.67. The normalized spacial score (nSPS) is 20.2. The van der Waals surface area contributed by atoms with E-state index in [1.807, 2.05) is 35.4 Å². The number of fused-ring (bicyclic) bond motifs is 1. The first-order valence-electron chi connectivity index (χ1n) is 6.33. The lowest BCUT2D eigenvalue weighted by molar-refractivity contribution is -0.139. The summed E-state index contributed by atoms with van der Waals surface area (Å²) in [5.74, 6) is -0.720. The van der Waals surface area contributed by atoms with Crippen LogP contribution in [0.5, 0.6) is 0 Å². The van der Waals surface area contributed by atoms with E-state index in [2.05, 4.69) is 4.98 Å². The van der Waals surface area contributed by atoms with Crippen LogP contribution in [0.4, 0.5) is 5.69 Å². The summed E-state index contributed by atoms with van der Waals surface area (Å²) in [5, 5.41) is 10.4. The van der Waals surface area contributed by atoms with Crippen molar-refractivity contribution in [3.63, 3.8) is 0 Å². The molecule has 0 radical (unpaired) electrons. The van der Waals surface area contributed by atoms with E-state index in [0.717, 1.165) is 42.4 Å². The molecule has 18 heavy (non-hydrogen) atoms. The van der Waals surface area contributed by atoms with Crippen LogP contribution in [0.1, 0.15) is 19.3 Å². The Hall–Kier alpha value is -1.97. The summed E-state index contributed by atoms with van der Waals surface area (Å²) in [4.78, 5) is 16.6. The number of carboxylic acids is 1. The highest BCUT2D eigenvalue weighted by molar-refractivity contribution is 5.94. The minimum Gasteiger partial charge on any atom is -0.480 e. The van der Waals surface area contributed by atoms with Crippen molar-refractivity contribution in [2.75, 3.05) is 11.4 Å². The van der Waals surface area contributed by atoms with Gasteiger partial charge in [-0.05, 0) is 37.5 Å². The highest BCUT2D eigenvalue weighted by atomic mass is 16.4. The first-order chi connectivity index (χ1) is 8.77. The Morgan fingerprint density at radius 1 is 1.33 bits per heavy atom. The van der Waals surface area contributed by atoms with Crippen molar-refractivity contribution in [1.82, 2.24) is 4.98 Å². The van der Waals surface area contributed by atoms with Gasteiger partial charge in [-0.25, -0.2) is 4.79 Å². The second-order valence-electron chi connectivity index (χ2n) is 4.76. The van der Waals surface area contributed by atoms with Crippen LogP contribution < -0.4 is 4.90 Å². The average Bonchev–Trinajstić information content (AvgIpc) is 2.86. The van der Waals surface area contributed by atoms with Crippen molar-refractivity contribution in [2.24, 2.45) is 0 Å². The zero-order valence-corrected chi connectivity index (χ0v) is 10.1. The van der Waals surface area contributed by atoms with E-state index in [0.29, 0.717) is 0 Å². The zero-order valence-electron chi connectivity index (χ0n) is 10.1. The quantitative estimate of drug-likeness (QED) is 0.853. The number of carboxylic acid groups (broad SMARTS) is 1. The lowest BCUT2D eigenvalue weighted by atomic mass is 10.0. The van der Waals surface area contributed by atoms with E-state index in [4.69, 9.17) is 0 Å². The number of piperidine rings is 1. The van der Waals surface area contributed by atoms with Gasteiger partial charge in [-0.1, -0.05) is 6.07 Å². The smallest absolute Gasteiger partial charge is 0.326 e. The minimum atomic E-state index is -0.720. The van der Waals surface area contributed by atoms with Crippen molar-refractivity contribution in [3.8, 4) is 0 Å². The lowest BCUT2D eigenvalue weighted by Crippen LogP contribution is -2.44. The number of anilines is 1. The molecule has 1 fully saturated rings. The number of rotatable bonds is 2. The molecule has 1 aromatic heterocycles. The summed E-state index contributed by atoms with van der Waals surface area (Å²) in [5.41, 5.74) is 2.09. The van der Waals surface area contributed by atoms with Crippen LogP contribution in [0.25, 0.3) is 10.9 Å². The molecule has 2 heterocycles. The number of H-pyrrole nitrogens is 1. The summed E-state index contributed by atoms with van der Waals surface area (Å²) < 4.78 is 0. The Balaban J connectivity index is 2.06. The maximum atomic E-state index is 11.4. The predicted octanol–water partition coefficient (Wildman–Crippen LogP) is 2.61. The van der Waals surface area contributed by atoms with Gasteiger partial charge in [-0.3, -0.25) is 0 Å². The van der Waals surface area contributed by atoms with Crippen molar-refractivity contribution < 1.29 is 9.90 Å². The Morgan fingerprint density at radius 2 is 2.22 bits per heavy atom. The second-order valence-corrected chi connectivity index (χ2v) is 4.76. The van der Waals surface area contributed by atoms with Gasteiger partial charge in [0, 0.05) is 29.3 Å². The molecule has 4 heteroatoms. The number of nitrogens with zero attached hydrogens (tertiary/aromatic N) is 1. The Morgan fingerprint density at radius 3 is 3.06 bits per heavy atom. The SMILES string of the molecule is O=C(O)C1CCCCN1c1cccc2[nH]ccc12. The second kappa shape index (κ2) is 4.37. The molecule has 1 aliphatic heterocycles.